The summed E-state index contributed by atoms with van der Waals surface area (Å²) in [6.07, 6.45) is 60.9. The van der Waals surface area contributed by atoms with E-state index in [0.717, 1.165) is 38.5 Å². The maximum absolute atomic E-state index is 12.4. The van der Waals surface area contributed by atoms with Crippen LogP contribution in [0.2, 0.25) is 0 Å². The van der Waals surface area contributed by atoms with Crippen molar-refractivity contribution in [2.75, 3.05) is 13.2 Å². The van der Waals surface area contributed by atoms with Gasteiger partial charge in [0, 0.05) is 12.8 Å². The number of carbonyl (C=O) groups is 2. The molecule has 62 heavy (non-hydrogen) atoms. The number of hydrogen-bond donors (Lipinski definition) is 3. The largest absolute Gasteiger partial charge is 0.466 e. The van der Waals surface area contributed by atoms with Gasteiger partial charge in [-0.3, -0.25) is 9.59 Å². The summed E-state index contributed by atoms with van der Waals surface area (Å²) in [7, 11) is 0. The molecule has 1 amide bonds. The highest BCUT2D eigenvalue weighted by atomic mass is 16.5. The Morgan fingerprint density at radius 2 is 0.742 bits per heavy atom. The van der Waals surface area contributed by atoms with Gasteiger partial charge in [-0.25, -0.2) is 0 Å². The van der Waals surface area contributed by atoms with Crippen LogP contribution < -0.4 is 5.32 Å². The van der Waals surface area contributed by atoms with Crippen LogP contribution in [0.15, 0.2) is 12.2 Å². The number of esters is 1. The molecule has 0 aromatic carbocycles. The van der Waals surface area contributed by atoms with E-state index in [4.69, 9.17) is 4.74 Å². The fourth-order valence-corrected chi connectivity index (χ4v) is 8.75. The van der Waals surface area contributed by atoms with Crippen molar-refractivity contribution in [3.05, 3.63) is 12.2 Å². The van der Waals surface area contributed by atoms with Gasteiger partial charge in [0.25, 0.3) is 0 Å². The first-order valence-electron chi connectivity index (χ1n) is 28.0. The van der Waals surface area contributed by atoms with Gasteiger partial charge in [-0.05, 0) is 32.1 Å². The molecule has 0 spiro atoms. The molecule has 0 radical (unpaired) electrons. The minimum Gasteiger partial charge on any atom is -0.466 e. The molecular weight excluding hydrogens is 767 g/mol. The molecule has 0 aliphatic rings. The maximum Gasteiger partial charge on any atom is 0.305 e. The molecule has 6 heteroatoms. The van der Waals surface area contributed by atoms with Crippen LogP contribution >= 0.6 is 0 Å². The fraction of sp³-hybridized carbons (Fsp3) is 0.929. The summed E-state index contributed by atoms with van der Waals surface area (Å²) in [5.74, 6) is -0.0562. The molecule has 0 bridgehead atoms. The number of hydrogen-bond acceptors (Lipinski definition) is 5. The van der Waals surface area contributed by atoms with Gasteiger partial charge >= 0.3 is 5.97 Å². The van der Waals surface area contributed by atoms with E-state index in [2.05, 4.69) is 19.2 Å². The van der Waals surface area contributed by atoms with Crippen molar-refractivity contribution in [2.45, 2.75) is 321 Å². The Hall–Kier alpha value is -1.40. The summed E-state index contributed by atoms with van der Waals surface area (Å²) in [5.41, 5.74) is 0. The quantitative estimate of drug-likeness (QED) is 0.0321. The van der Waals surface area contributed by atoms with E-state index in [1.165, 1.54) is 244 Å². The number of nitrogens with one attached hydrogen (secondary N) is 1. The van der Waals surface area contributed by atoms with E-state index in [1.807, 2.05) is 6.08 Å². The van der Waals surface area contributed by atoms with Crippen LogP contribution in [0, 0.1) is 0 Å². The minimum atomic E-state index is -0.842. The summed E-state index contributed by atoms with van der Waals surface area (Å²) in [6.45, 7) is 4.89. The summed E-state index contributed by atoms with van der Waals surface area (Å²) in [4.78, 5) is 24.4. The second-order valence-corrected chi connectivity index (χ2v) is 19.3. The van der Waals surface area contributed by atoms with Crippen LogP contribution in [-0.4, -0.2) is 47.4 Å². The fourth-order valence-electron chi connectivity index (χ4n) is 8.75. The van der Waals surface area contributed by atoms with E-state index in [9.17, 15) is 19.8 Å². The molecule has 0 heterocycles. The average molecular weight is 876 g/mol. The molecule has 0 aromatic rings. The SMILES string of the molecule is CCCCCCCCCC/C=C/C(O)C(CO)NC(=O)CCCCCCCCCCCCCCCCCCCCCCCOC(=O)CCCCCCCCCCCCCCCC. The molecule has 0 rings (SSSR count). The van der Waals surface area contributed by atoms with Crippen molar-refractivity contribution in [1.29, 1.82) is 0 Å². The van der Waals surface area contributed by atoms with Gasteiger partial charge < -0.3 is 20.3 Å². The Morgan fingerprint density at radius 3 is 1.10 bits per heavy atom. The third-order valence-corrected chi connectivity index (χ3v) is 13.1. The Kier molecular flexibility index (Phi) is 51.0. The molecule has 0 aromatic heterocycles. The van der Waals surface area contributed by atoms with Gasteiger partial charge in [-0.1, -0.05) is 276 Å². The van der Waals surface area contributed by atoms with Gasteiger partial charge in [0.2, 0.25) is 5.91 Å². The number of allylic oxidation sites excluding steroid dienone is 1. The predicted octanol–water partition coefficient (Wildman–Crippen LogP) is 16.9. The van der Waals surface area contributed by atoms with Crippen molar-refractivity contribution in [3.8, 4) is 0 Å². The van der Waals surface area contributed by atoms with E-state index in [1.54, 1.807) is 6.08 Å². The lowest BCUT2D eigenvalue weighted by atomic mass is 10.0. The zero-order chi connectivity index (χ0) is 45.1. The Labute approximate surface area is 387 Å². The van der Waals surface area contributed by atoms with Crippen LogP contribution in [-0.2, 0) is 14.3 Å². The minimum absolute atomic E-state index is 0.0137. The Balaban J connectivity index is 3.36. The molecule has 2 unspecified atom stereocenters. The summed E-state index contributed by atoms with van der Waals surface area (Å²) in [5, 5.41) is 23.0. The number of unbranched alkanes of at least 4 members (excludes halogenated alkanes) is 41. The normalized spacial score (nSPS) is 12.6. The van der Waals surface area contributed by atoms with Gasteiger partial charge in [0.05, 0.1) is 25.4 Å². The van der Waals surface area contributed by atoms with E-state index >= 15 is 0 Å². The topological polar surface area (TPSA) is 95.9 Å². The number of aliphatic hydroxyl groups excluding tert-OH is 2. The number of rotatable bonds is 52. The van der Waals surface area contributed by atoms with Crippen LogP contribution in [0.25, 0.3) is 0 Å². The van der Waals surface area contributed by atoms with Gasteiger partial charge in [-0.15, -0.1) is 0 Å². The van der Waals surface area contributed by atoms with Crippen molar-refractivity contribution in [2.24, 2.45) is 0 Å². The van der Waals surface area contributed by atoms with Crippen LogP contribution in [0.5, 0.6) is 0 Å². The lowest BCUT2D eigenvalue weighted by Gasteiger charge is -2.20. The number of amides is 1. The first-order valence-corrected chi connectivity index (χ1v) is 28.0. The van der Waals surface area contributed by atoms with Crippen molar-refractivity contribution in [3.63, 3.8) is 0 Å². The zero-order valence-electron chi connectivity index (χ0n) is 41.9. The first kappa shape index (κ1) is 60.6. The third-order valence-electron chi connectivity index (χ3n) is 13.1. The van der Waals surface area contributed by atoms with E-state index < -0.39 is 12.1 Å². The second kappa shape index (κ2) is 52.2. The highest BCUT2D eigenvalue weighted by Gasteiger charge is 2.18. The van der Waals surface area contributed by atoms with Crippen LogP contribution in [0.3, 0.4) is 0 Å². The highest BCUT2D eigenvalue weighted by molar-refractivity contribution is 5.76. The number of carbonyl (C=O) groups excluding carboxylic acids is 2. The molecule has 6 nitrogen and oxygen atoms in total. The zero-order valence-corrected chi connectivity index (χ0v) is 41.9. The molecule has 0 saturated carbocycles. The Morgan fingerprint density at radius 1 is 0.435 bits per heavy atom. The molecule has 0 fully saturated rings. The third kappa shape index (κ3) is 48.1. The van der Waals surface area contributed by atoms with E-state index in [0.29, 0.717) is 19.4 Å². The average Bonchev–Trinajstić information content (AvgIpc) is 3.27. The highest BCUT2D eigenvalue weighted by Crippen LogP contribution is 2.17. The van der Waals surface area contributed by atoms with Crippen LogP contribution in [0.1, 0.15) is 309 Å². The molecule has 0 aliphatic heterocycles. The van der Waals surface area contributed by atoms with E-state index in [-0.39, 0.29) is 18.5 Å². The predicted molar refractivity (Wildman–Crippen MR) is 269 cm³/mol. The molecule has 0 saturated heterocycles. The van der Waals surface area contributed by atoms with Crippen LogP contribution in [0.4, 0.5) is 0 Å². The standard InChI is InChI=1S/C56H109NO5/c1-3-5-7-9-11-13-15-16-27-30-34-38-42-46-50-56(61)62-51-47-43-39-35-31-28-25-23-21-19-17-18-20-22-24-26-29-33-37-41-45-49-55(60)57-53(52-58)54(59)48-44-40-36-32-14-12-10-8-6-4-2/h44,48,53-54,58-59H,3-43,45-47,49-52H2,1-2H3,(H,57,60)/b48-44+. The number of aliphatic hydroxyl groups is 2. The maximum atomic E-state index is 12.4. The summed E-state index contributed by atoms with van der Waals surface area (Å²) >= 11 is 0. The molecule has 0 aliphatic carbocycles. The first-order chi connectivity index (χ1) is 30.5. The lowest BCUT2D eigenvalue weighted by molar-refractivity contribution is -0.143. The molecule has 2 atom stereocenters. The molecule has 368 valence electrons. The van der Waals surface area contributed by atoms with Gasteiger partial charge in [0.1, 0.15) is 0 Å². The second-order valence-electron chi connectivity index (χ2n) is 19.3. The van der Waals surface area contributed by atoms with Crippen molar-refractivity contribution < 1.29 is 24.5 Å². The van der Waals surface area contributed by atoms with Crippen molar-refractivity contribution in [1.82, 2.24) is 5.32 Å². The van der Waals surface area contributed by atoms with Gasteiger partial charge in [-0.2, -0.15) is 0 Å². The summed E-state index contributed by atoms with van der Waals surface area (Å²) < 4.78 is 5.48. The van der Waals surface area contributed by atoms with Crippen molar-refractivity contribution >= 4 is 11.9 Å². The summed E-state index contributed by atoms with van der Waals surface area (Å²) in [6, 6.07) is -0.625. The monoisotopic (exact) mass is 876 g/mol. The lowest BCUT2D eigenvalue weighted by Crippen LogP contribution is -2.45. The Bertz CT molecular complexity index is 924. The number of ether oxygens (including phenoxy) is 1. The smallest absolute Gasteiger partial charge is 0.305 e. The van der Waals surface area contributed by atoms with Gasteiger partial charge in [0.15, 0.2) is 0 Å². The molecule has 3 N–H and O–H groups in total. The molecular formula is C56H109NO5.